The van der Waals surface area contributed by atoms with Crippen LogP contribution in [0.2, 0.25) is 0 Å². The molecule has 0 spiro atoms. The lowest BCUT2D eigenvalue weighted by molar-refractivity contribution is 0.474. The molecule has 2 aromatic heterocycles. The molecule has 0 atom stereocenters. The third-order valence-electron chi connectivity index (χ3n) is 7.62. The summed E-state index contributed by atoms with van der Waals surface area (Å²) < 4.78 is 8.78. The third-order valence-corrected chi connectivity index (χ3v) is 7.62. The Morgan fingerprint density at radius 3 is 2.05 bits per heavy atom. The highest BCUT2D eigenvalue weighted by Crippen LogP contribution is 2.47. The topological polar surface area (TPSA) is 39.9 Å². The second kappa shape index (κ2) is 8.02. The predicted molar refractivity (Wildman–Crippen MR) is 154 cm³/mol. The number of nitrogens with zero attached hydrogens (tertiary/aromatic N) is 3. The molecule has 0 amide bonds. The molecule has 180 valence electrons. The molecule has 38 heavy (non-hydrogen) atoms. The number of ether oxygens (including phenoxy) is 1. The monoisotopic (exact) mass is 489 g/mol. The normalized spacial score (nSPS) is 12.1. The van der Waals surface area contributed by atoms with Crippen molar-refractivity contribution in [2.24, 2.45) is 0 Å². The van der Waals surface area contributed by atoms with Gasteiger partial charge in [0.05, 0.1) is 11.2 Å². The van der Waals surface area contributed by atoms with Crippen molar-refractivity contribution in [1.29, 1.82) is 0 Å². The van der Waals surface area contributed by atoms with Crippen LogP contribution in [0.3, 0.4) is 0 Å². The summed E-state index contributed by atoms with van der Waals surface area (Å²) in [4.78, 5) is 9.30. The molecule has 0 saturated heterocycles. The molecular formula is C34H23N3O. The van der Waals surface area contributed by atoms with Crippen molar-refractivity contribution in [3.8, 4) is 39.4 Å². The van der Waals surface area contributed by atoms with Gasteiger partial charge in [0, 0.05) is 24.4 Å². The highest BCUT2D eigenvalue weighted by atomic mass is 16.5. The number of para-hydroxylation sites is 1. The molecule has 0 radical (unpaired) electrons. The maximum absolute atomic E-state index is 6.52. The van der Waals surface area contributed by atoms with Gasteiger partial charge in [0.1, 0.15) is 11.3 Å². The average Bonchev–Trinajstić information content (AvgIpc) is 3.36. The predicted octanol–water partition coefficient (Wildman–Crippen LogP) is 8.73. The summed E-state index contributed by atoms with van der Waals surface area (Å²) in [5.41, 5.74) is 7.71. The molecule has 8 rings (SSSR count). The van der Waals surface area contributed by atoms with Crippen LogP contribution in [0.15, 0.2) is 109 Å². The Morgan fingerprint density at radius 2 is 1.39 bits per heavy atom. The summed E-state index contributed by atoms with van der Waals surface area (Å²) in [6.07, 6.45) is 4.63. The van der Waals surface area contributed by atoms with E-state index in [0.29, 0.717) is 0 Å². The van der Waals surface area contributed by atoms with Crippen LogP contribution in [0.5, 0.6) is 11.5 Å². The second-order valence-electron chi connectivity index (χ2n) is 9.71. The summed E-state index contributed by atoms with van der Waals surface area (Å²) in [5.74, 6) is 2.74. The van der Waals surface area contributed by atoms with Crippen LogP contribution >= 0.6 is 0 Å². The molecule has 5 aromatic carbocycles. The summed E-state index contributed by atoms with van der Waals surface area (Å²) in [7, 11) is 0. The number of pyridine rings is 1. The second-order valence-corrected chi connectivity index (χ2v) is 9.71. The van der Waals surface area contributed by atoms with Gasteiger partial charge in [-0.05, 0) is 68.6 Å². The van der Waals surface area contributed by atoms with Gasteiger partial charge in [-0.15, -0.1) is 0 Å². The van der Waals surface area contributed by atoms with Crippen LogP contribution < -0.4 is 4.74 Å². The van der Waals surface area contributed by atoms with E-state index in [1.165, 1.54) is 32.7 Å². The molecule has 4 nitrogen and oxygen atoms in total. The Labute approximate surface area is 219 Å². The molecule has 0 fully saturated rings. The number of rotatable bonds is 3. The summed E-state index contributed by atoms with van der Waals surface area (Å²) in [6.45, 7) is 2.15. The number of imidazole rings is 1. The van der Waals surface area contributed by atoms with Gasteiger partial charge in [0.25, 0.3) is 0 Å². The van der Waals surface area contributed by atoms with Crippen molar-refractivity contribution < 1.29 is 4.74 Å². The number of benzene rings is 5. The van der Waals surface area contributed by atoms with Crippen LogP contribution in [-0.4, -0.2) is 14.5 Å². The van der Waals surface area contributed by atoms with E-state index in [-0.39, 0.29) is 0 Å². The first-order valence-corrected chi connectivity index (χ1v) is 13.0. The van der Waals surface area contributed by atoms with Crippen LogP contribution in [-0.2, 0) is 6.42 Å². The first-order chi connectivity index (χ1) is 18.8. The molecule has 1 aliphatic heterocycles. The van der Waals surface area contributed by atoms with Gasteiger partial charge in [-0.3, -0.25) is 9.55 Å². The van der Waals surface area contributed by atoms with Gasteiger partial charge in [-0.25, -0.2) is 4.98 Å². The fourth-order valence-electron chi connectivity index (χ4n) is 6.04. The number of fused-ring (bicyclic) bond motifs is 4. The lowest BCUT2D eigenvalue weighted by Gasteiger charge is -2.23. The van der Waals surface area contributed by atoms with E-state index in [9.17, 15) is 0 Å². The van der Waals surface area contributed by atoms with Crippen molar-refractivity contribution in [2.45, 2.75) is 13.3 Å². The number of hydrogen-bond acceptors (Lipinski definition) is 3. The van der Waals surface area contributed by atoms with Gasteiger partial charge >= 0.3 is 0 Å². The minimum atomic E-state index is 0.847. The highest BCUT2D eigenvalue weighted by molar-refractivity contribution is 6.21. The van der Waals surface area contributed by atoms with Crippen LogP contribution in [0, 0.1) is 0 Å². The minimum absolute atomic E-state index is 0.847. The van der Waals surface area contributed by atoms with Gasteiger partial charge in [0.2, 0.25) is 0 Å². The maximum atomic E-state index is 6.52. The lowest BCUT2D eigenvalue weighted by Crippen LogP contribution is -2.07. The summed E-state index contributed by atoms with van der Waals surface area (Å²) in [6, 6.07) is 34.2. The zero-order chi connectivity index (χ0) is 25.2. The molecule has 3 heterocycles. The minimum Gasteiger partial charge on any atom is -0.453 e. The van der Waals surface area contributed by atoms with Gasteiger partial charge in [-0.2, -0.15) is 0 Å². The van der Waals surface area contributed by atoms with Crippen molar-refractivity contribution in [3.05, 3.63) is 115 Å². The Balaban J connectivity index is 1.43. The molecule has 0 aliphatic carbocycles. The van der Waals surface area contributed by atoms with E-state index in [1.54, 1.807) is 0 Å². The van der Waals surface area contributed by atoms with E-state index >= 15 is 0 Å². The first-order valence-electron chi connectivity index (χ1n) is 13.0. The Morgan fingerprint density at radius 1 is 0.684 bits per heavy atom. The zero-order valence-electron chi connectivity index (χ0n) is 20.8. The van der Waals surface area contributed by atoms with E-state index in [0.717, 1.165) is 51.6 Å². The van der Waals surface area contributed by atoms with E-state index in [2.05, 4.69) is 95.3 Å². The van der Waals surface area contributed by atoms with Crippen molar-refractivity contribution in [1.82, 2.24) is 14.5 Å². The molecular weight excluding hydrogens is 466 g/mol. The smallest absolute Gasteiger partial charge is 0.153 e. The number of aromatic nitrogens is 3. The average molecular weight is 490 g/mol. The summed E-state index contributed by atoms with van der Waals surface area (Å²) >= 11 is 0. The fourth-order valence-corrected chi connectivity index (χ4v) is 6.04. The van der Waals surface area contributed by atoms with Crippen molar-refractivity contribution in [3.63, 3.8) is 0 Å². The molecule has 1 aliphatic rings. The van der Waals surface area contributed by atoms with Crippen LogP contribution in [0.25, 0.3) is 60.5 Å². The third kappa shape index (κ3) is 2.91. The lowest BCUT2D eigenvalue weighted by atomic mass is 9.86. The Kier molecular flexibility index (Phi) is 4.47. The molecule has 0 unspecified atom stereocenters. The standard InChI is InChI=1S/C34H23N3O/c1-2-31-36-27-14-7-15-29-34(27)37(31)28-17-16-21(19-30(28)38-29)32-23-10-3-5-12-25(23)33(22-9-8-18-35-20-22)26-13-6-4-11-24(26)32/h3-20H,2H2,1H3. The van der Waals surface area contributed by atoms with Crippen molar-refractivity contribution >= 4 is 32.6 Å². The first kappa shape index (κ1) is 21.2. The molecule has 0 saturated carbocycles. The molecule has 4 heteroatoms. The highest BCUT2D eigenvalue weighted by Gasteiger charge is 2.25. The van der Waals surface area contributed by atoms with Gasteiger partial charge in [-0.1, -0.05) is 73.7 Å². The van der Waals surface area contributed by atoms with E-state index < -0.39 is 0 Å². The molecule has 7 aromatic rings. The largest absolute Gasteiger partial charge is 0.453 e. The number of aryl methyl sites for hydroxylation is 1. The number of hydrogen-bond donors (Lipinski definition) is 0. The van der Waals surface area contributed by atoms with Crippen molar-refractivity contribution in [2.75, 3.05) is 0 Å². The van der Waals surface area contributed by atoms with Crippen LogP contribution in [0.1, 0.15) is 12.7 Å². The van der Waals surface area contributed by atoms with Gasteiger partial charge < -0.3 is 4.74 Å². The molecule has 0 bridgehead atoms. The molecule has 0 N–H and O–H groups in total. The van der Waals surface area contributed by atoms with Gasteiger partial charge in [0.15, 0.2) is 11.5 Å². The maximum Gasteiger partial charge on any atom is 0.153 e. The quantitative estimate of drug-likeness (QED) is 0.233. The van der Waals surface area contributed by atoms with E-state index in [1.807, 2.05) is 30.6 Å². The van der Waals surface area contributed by atoms with Crippen LogP contribution in [0.4, 0.5) is 0 Å². The van der Waals surface area contributed by atoms with E-state index in [4.69, 9.17) is 9.72 Å². The Hall–Kier alpha value is -4.96. The fraction of sp³-hybridized carbons (Fsp3) is 0.0588. The zero-order valence-corrected chi connectivity index (χ0v) is 20.8. The summed E-state index contributed by atoms with van der Waals surface area (Å²) in [5, 5.41) is 4.84. The Bertz CT molecular complexity index is 1980. The SMILES string of the molecule is CCc1nc2cccc3c2n1-c1ccc(-c2c4ccccc4c(-c4cccnc4)c4ccccc24)cc1O3.